The second-order valence-corrected chi connectivity index (χ2v) is 5.39. The van der Waals surface area contributed by atoms with Crippen LogP contribution in [0.15, 0.2) is 24.5 Å². The molecular formula is C13H16N2. The molecule has 2 bridgehead atoms. The van der Waals surface area contributed by atoms with E-state index in [0.717, 1.165) is 29.7 Å². The van der Waals surface area contributed by atoms with Gasteiger partial charge in [-0.15, -0.1) is 0 Å². The van der Waals surface area contributed by atoms with E-state index in [1.807, 2.05) is 12.4 Å². The third-order valence-corrected chi connectivity index (χ3v) is 4.75. The lowest BCUT2D eigenvalue weighted by Crippen LogP contribution is -2.12. The number of pyridine rings is 1. The van der Waals surface area contributed by atoms with Gasteiger partial charge in [-0.3, -0.25) is 4.98 Å². The molecule has 15 heavy (non-hydrogen) atoms. The van der Waals surface area contributed by atoms with E-state index in [0.29, 0.717) is 0 Å². The largest absolute Gasteiger partial charge is 0.382 e. The van der Waals surface area contributed by atoms with Gasteiger partial charge in [0.05, 0.1) is 0 Å². The van der Waals surface area contributed by atoms with Crippen LogP contribution in [0.25, 0.3) is 0 Å². The maximum atomic E-state index is 4.05. The van der Waals surface area contributed by atoms with Gasteiger partial charge in [0, 0.05) is 24.1 Å². The molecule has 4 rings (SSSR count). The van der Waals surface area contributed by atoms with Crippen molar-refractivity contribution in [2.24, 2.45) is 23.7 Å². The fourth-order valence-corrected chi connectivity index (χ4v) is 4.16. The summed E-state index contributed by atoms with van der Waals surface area (Å²) in [4.78, 5) is 4.05. The molecule has 0 saturated heterocycles. The van der Waals surface area contributed by atoms with E-state index in [9.17, 15) is 0 Å². The highest BCUT2D eigenvalue weighted by molar-refractivity contribution is 5.45. The summed E-state index contributed by atoms with van der Waals surface area (Å²) in [7, 11) is 0. The summed E-state index contributed by atoms with van der Waals surface area (Å²) in [5.41, 5.74) is 1.25. The van der Waals surface area contributed by atoms with Crippen molar-refractivity contribution in [2.45, 2.75) is 25.3 Å². The third-order valence-electron chi connectivity index (χ3n) is 4.75. The lowest BCUT2D eigenvalue weighted by Gasteiger charge is -2.11. The zero-order chi connectivity index (χ0) is 9.83. The maximum absolute atomic E-state index is 4.05. The highest BCUT2D eigenvalue weighted by Gasteiger charge is 2.64. The van der Waals surface area contributed by atoms with Crippen molar-refractivity contribution in [3.63, 3.8) is 0 Å². The number of anilines is 1. The molecule has 3 aliphatic rings. The number of nitrogens with one attached hydrogen (secondary N) is 1. The summed E-state index contributed by atoms with van der Waals surface area (Å²) in [6.45, 7) is 0. The smallest absolute Gasteiger partial charge is 0.0373 e. The van der Waals surface area contributed by atoms with Crippen LogP contribution in [0.2, 0.25) is 0 Å². The van der Waals surface area contributed by atoms with Gasteiger partial charge in [0.25, 0.3) is 0 Å². The highest BCUT2D eigenvalue weighted by atomic mass is 15.0. The number of rotatable bonds is 2. The highest BCUT2D eigenvalue weighted by Crippen LogP contribution is 2.66. The van der Waals surface area contributed by atoms with Crippen LogP contribution in [-0.2, 0) is 0 Å². The summed E-state index contributed by atoms with van der Waals surface area (Å²) in [6, 6.07) is 4.95. The van der Waals surface area contributed by atoms with Crippen LogP contribution in [0.5, 0.6) is 0 Å². The van der Waals surface area contributed by atoms with Crippen LogP contribution < -0.4 is 5.32 Å². The Morgan fingerprint density at radius 3 is 2.40 bits per heavy atom. The minimum absolute atomic E-state index is 0.790. The maximum Gasteiger partial charge on any atom is 0.0373 e. The van der Waals surface area contributed by atoms with Crippen molar-refractivity contribution in [1.29, 1.82) is 0 Å². The van der Waals surface area contributed by atoms with Gasteiger partial charge in [0.1, 0.15) is 0 Å². The van der Waals surface area contributed by atoms with E-state index in [1.54, 1.807) is 0 Å². The molecule has 1 N–H and O–H groups in total. The van der Waals surface area contributed by atoms with Crippen molar-refractivity contribution >= 4 is 5.69 Å². The molecule has 0 aliphatic heterocycles. The van der Waals surface area contributed by atoms with E-state index < -0.39 is 0 Å². The second-order valence-electron chi connectivity index (χ2n) is 5.39. The van der Waals surface area contributed by atoms with Crippen molar-refractivity contribution in [1.82, 2.24) is 4.98 Å². The quantitative estimate of drug-likeness (QED) is 0.793. The zero-order valence-corrected chi connectivity index (χ0v) is 8.76. The summed E-state index contributed by atoms with van der Waals surface area (Å²) in [6.07, 6.45) is 8.27. The van der Waals surface area contributed by atoms with E-state index in [1.165, 1.54) is 24.9 Å². The molecular weight excluding hydrogens is 184 g/mol. The van der Waals surface area contributed by atoms with Crippen molar-refractivity contribution < 1.29 is 0 Å². The Labute approximate surface area is 90.1 Å². The van der Waals surface area contributed by atoms with Crippen molar-refractivity contribution in [3.8, 4) is 0 Å². The number of hydrogen-bond donors (Lipinski definition) is 1. The Morgan fingerprint density at radius 2 is 1.73 bits per heavy atom. The van der Waals surface area contributed by atoms with Crippen LogP contribution in [0.3, 0.4) is 0 Å². The minimum Gasteiger partial charge on any atom is -0.382 e. The molecule has 0 spiro atoms. The van der Waals surface area contributed by atoms with Gasteiger partial charge < -0.3 is 5.32 Å². The van der Waals surface area contributed by atoms with Gasteiger partial charge >= 0.3 is 0 Å². The second kappa shape index (κ2) is 2.75. The van der Waals surface area contributed by atoms with Crippen LogP contribution >= 0.6 is 0 Å². The van der Waals surface area contributed by atoms with E-state index in [2.05, 4.69) is 22.4 Å². The van der Waals surface area contributed by atoms with Gasteiger partial charge in [-0.25, -0.2) is 0 Å². The molecule has 0 aromatic carbocycles. The molecule has 78 valence electrons. The molecule has 2 heteroatoms. The lowest BCUT2D eigenvalue weighted by molar-refractivity contribution is 0.456. The first kappa shape index (κ1) is 8.14. The normalized spacial score (nSPS) is 45.2. The Bertz CT molecular complexity index is 359. The van der Waals surface area contributed by atoms with E-state index in [4.69, 9.17) is 0 Å². The SMILES string of the molecule is c1cc(NC2C3C4CCC(C4)C23)ccn1. The predicted octanol–water partition coefficient (Wildman–Crippen LogP) is 2.54. The van der Waals surface area contributed by atoms with Crippen molar-refractivity contribution in [2.75, 3.05) is 5.32 Å². The molecule has 2 nitrogen and oxygen atoms in total. The Hall–Kier alpha value is -1.05. The monoisotopic (exact) mass is 200 g/mol. The first-order valence-electron chi connectivity index (χ1n) is 6.10. The van der Waals surface area contributed by atoms with Crippen LogP contribution in [0, 0.1) is 23.7 Å². The van der Waals surface area contributed by atoms with Gasteiger partial charge in [0.15, 0.2) is 0 Å². The molecule has 3 aliphatic carbocycles. The molecule has 0 amide bonds. The standard InChI is InChI=1S/C13H16N2/c1-2-9-7-8(1)11-12(9)13(11)15-10-3-5-14-6-4-10/h3-6,8-9,11-13H,1-2,7H2,(H,14,15). The molecule has 3 saturated carbocycles. The number of aromatic nitrogens is 1. The van der Waals surface area contributed by atoms with Crippen LogP contribution in [0.1, 0.15) is 19.3 Å². The average Bonchev–Trinajstić information content (AvgIpc) is 2.71. The molecule has 4 unspecified atom stereocenters. The summed E-state index contributed by atoms with van der Waals surface area (Å²) in [5.74, 6) is 4.13. The van der Waals surface area contributed by atoms with E-state index in [-0.39, 0.29) is 0 Å². The fraction of sp³-hybridized carbons (Fsp3) is 0.615. The van der Waals surface area contributed by atoms with Gasteiger partial charge in [-0.2, -0.15) is 0 Å². The Balaban J connectivity index is 1.50. The number of nitrogens with zero attached hydrogens (tertiary/aromatic N) is 1. The molecule has 3 fully saturated rings. The Kier molecular flexibility index (Phi) is 1.49. The Morgan fingerprint density at radius 1 is 1.07 bits per heavy atom. The molecule has 0 radical (unpaired) electrons. The van der Waals surface area contributed by atoms with Crippen LogP contribution in [0.4, 0.5) is 5.69 Å². The molecule has 4 atom stereocenters. The molecule has 1 aromatic heterocycles. The first-order chi connectivity index (χ1) is 7.43. The zero-order valence-electron chi connectivity index (χ0n) is 8.76. The van der Waals surface area contributed by atoms with Gasteiger partial charge in [-0.05, 0) is 55.1 Å². The molecule has 1 heterocycles. The van der Waals surface area contributed by atoms with E-state index >= 15 is 0 Å². The van der Waals surface area contributed by atoms with Gasteiger partial charge in [0.2, 0.25) is 0 Å². The van der Waals surface area contributed by atoms with Crippen molar-refractivity contribution in [3.05, 3.63) is 24.5 Å². The summed E-state index contributed by atoms with van der Waals surface area (Å²) >= 11 is 0. The van der Waals surface area contributed by atoms with Crippen LogP contribution in [-0.4, -0.2) is 11.0 Å². The topological polar surface area (TPSA) is 24.9 Å². The number of fused-ring (bicyclic) bond motifs is 5. The first-order valence-corrected chi connectivity index (χ1v) is 6.10. The fourth-order valence-electron chi connectivity index (χ4n) is 4.16. The summed E-state index contributed by atoms with van der Waals surface area (Å²) in [5, 5.41) is 3.68. The molecule has 1 aromatic rings. The third kappa shape index (κ3) is 1.08. The number of hydrogen-bond acceptors (Lipinski definition) is 2. The lowest BCUT2D eigenvalue weighted by atomic mass is 10.0. The summed E-state index contributed by atoms with van der Waals surface area (Å²) < 4.78 is 0. The predicted molar refractivity (Wildman–Crippen MR) is 59.5 cm³/mol. The average molecular weight is 200 g/mol. The van der Waals surface area contributed by atoms with Gasteiger partial charge in [-0.1, -0.05) is 0 Å². The minimum atomic E-state index is 0.790.